The third kappa shape index (κ3) is 4.68. The van der Waals surface area contributed by atoms with Gasteiger partial charge in [0.1, 0.15) is 0 Å². The van der Waals surface area contributed by atoms with Gasteiger partial charge in [0.05, 0.1) is 0 Å². The Hall–Kier alpha value is 0.0700. The zero-order valence-corrected chi connectivity index (χ0v) is 12.7. The maximum absolute atomic E-state index is 11.2. The fourth-order valence-electron chi connectivity index (χ4n) is 2.46. The molecule has 0 saturated carbocycles. The molecule has 1 aliphatic heterocycles. The summed E-state index contributed by atoms with van der Waals surface area (Å²) in [5.41, 5.74) is 0. The first-order valence-electron chi connectivity index (χ1n) is 6.69. The molecule has 1 rings (SSSR count). The lowest BCUT2D eigenvalue weighted by atomic mass is 9.94. The second-order valence-corrected chi connectivity index (χ2v) is 7.40. The van der Waals surface area contributed by atoms with Gasteiger partial charge >= 0.3 is 0 Å². The molecule has 3 nitrogen and oxygen atoms in total. The SMILES string of the molecule is CC(C)C1CN(CCS(C)=O)C(C(C)C)CN1. The second-order valence-electron chi connectivity index (χ2n) is 5.84. The van der Waals surface area contributed by atoms with Crippen LogP contribution in [0.2, 0.25) is 0 Å². The molecule has 0 aromatic heterocycles. The van der Waals surface area contributed by atoms with Gasteiger partial charge in [-0.15, -0.1) is 0 Å². The molecule has 1 fully saturated rings. The molecule has 1 saturated heterocycles. The molecule has 17 heavy (non-hydrogen) atoms. The molecule has 0 aromatic carbocycles. The zero-order chi connectivity index (χ0) is 13.0. The summed E-state index contributed by atoms with van der Waals surface area (Å²) in [5.74, 6) is 2.12. The molecule has 0 radical (unpaired) electrons. The van der Waals surface area contributed by atoms with Crippen LogP contribution in [0.4, 0.5) is 0 Å². The lowest BCUT2D eigenvalue weighted by Crippen LogP contribution is -2.60. The number of hydrogen-bond donors (Lipinski definition) is 1. The Kier molecular flexibility index (Phi) is 6.10. The van der Waals surface area contributed by atoms with E-state index in [4.69, 9.17) is 0 Å². The van der Waals surface area contributed by atoms with Gasteiger partial charge in [-0.05, 0) is 11.8 Å². The Labute approximate surface area is 109 Å². The molecule has 0 aliphatic carbocycles. The Morgan fingerprint density at radius 1 is 1.29 bits per heavy atom. The van der Waals surface area contributed by atoms with Gasteiger partial charge in [0.2, 0.25) is 0 Å². The van der Waals surface area contributed by atoms with Crippen molar-refractivity contribution < 1.29 is 4.21 Å². The highest BCUT2D eigenvalue weighted by Gasteiger charge is 2.30. The van der Waals surface area contributed by atoms with Crippen LogP contribution in [-0.2, 0) is 10.8 Å². The number of nitrogens with zero attached hydrogens (tertiary/aromatic N) is 1. The zero-order valence-electron chi connectivity index (χ0n) is 11.9. The maximum Gasteiger partial charge on any atom is 0.0359 e. The van der Waals surface area contributed by atoms with Crippen molar-refractivity contribution in [2.24, 2.45) is 11.8 Å². The Morgan fingerprint density at radius 2 is 1.94 bits per heavy atom. The molecule has 1 heterocycles. The molecule has 0 aromatic rings. The Morgan fingerprint density at radius 3 is 2.41 bits per heavy atom. The number of nitrogens with one attached hydrogen (secondary N) is 1. The number of hydrogen-bond acceptors (Lipinski definition) is 3. The third-order valence-electron chi connectivity index (χ3n) is 3.73. The van der Waals surface area contributed by atoms with Gasteiger partial charge in [0.15, 0.2) is 0 Å². The van der Waals surface area contributed by atoms with Gasteiger partial charge in [0, 0.05) is 54.5 Å². The highest BCUT2D eigenvalue weighted by atomic mass is 32.2. The van der Waals surface area contributed by atoms with E-state index in [-0.39, 0.29) is 0 Å². The minimum Gasteiger partial charge on any atom is -0.311 e. The van der Waals surface area contributed by atoms with Crippen LogP contribution in [0.15, 0.2) is 0 Å². The molecule has 0 spiro atoms. The van der Waals surface area contributed by atoms with Crippen molar-refractivity contribution in [3.8, 4) is 0 Å². The Balaban J connectivity index is 2.59. The first-order chi connectivity index (χ1) is 7.91. The van der Waals surface area contributed by atoms with Crippen LogP contribution in [0.1, 0.15) is 27.7 Å². The van der Waals surface area contributed by atoms with Crippen molar-refractivity contribution in [1.29, 1.82) is 0 Å². The van der Waals surface area contributed by atoms with Crippen LogP contribution >= 0.6 is 0 Å². The predicted octanol–water partition coefficient (Wildman–Crippen LogP) is 1.32. The first-order valence-corrected chi connectivity index (χ1v) is 8.42. The quantitative estimate of drug-likeness (QED) is 0.809. The fourth-order valence-corrected chi connectivity index (χ4v) is 2.95. The van der Waals surface area contributed by atoms with Gasteiger partial charge in [-0.3, -0.25) is 9.11 Å². The number of rotatable bonds is 5. The largest absolute Gasteiger partial charge is 0.311 e. The van der Waals surface area contributed by atoms with E-state index in [2.05, 4.69) is 37.9 Å². The number of piperazine rings is 1. The van der Waals surface area contributed by atoms with E-state index in [0.29, 0.717) is 23.9 Å². The molecule has 4 heteroatoms. The average Bonchev–Trinajstić information content (AvgIpc) is 2.25. The second kappa shape index (κ2) is 6.86. The summed E-state index contributed by atoms with van der Waals surface area (Å²) in [6.45, 7) is 12.2. The lowest BCUT2D eigenvalue weighted by molar-refractivity contribution is 0.0916. The van der Waals surface area contributed by atoms with Gasteiger partial charge in [-0.1, -0.05) is 27.7 Å². The standard InChI is InChI=1S/C13H28N2OS/c1-10(2)12-9-15(6-7-17(5)16)13(8-14-12)11(3)4/h10-14H,6-9H2,1-5H3. The molecule has 0 bridgehead atoms. The van der Waals surface area contributed by atoms with E-state index in [0.717, 1.165) is 25.4 Å². The van der Waals surface area contributed by atoms with Gasteiger partial charge < -0.3 is 5.32 Å². The summed E-state index contributed by atoms with van der Waals surface area (Å²) in [6, 6.07) is 1.17. The van der Waals surface area contributed by atoms with Crippen molar-refractivity contribution in [1.82, 2.24) is 10.2 Å². The van der Waals surface area contributed by atoms with Gasteiger partial charge in [0.25, 0.3) is 0 Å². The highest BCUT2D eigenvalue weighted by Crippen LogP contribution is 2.18. The summed E-state index contributed by atoms with van der Waals surface area (Å²) in [5, 5.41) is 3.65. The van der Waals surface area contributed by atoms with E-state index in [1.54, 1.807) is 6.26 Å². The van der Waals surface area contributed by atoms with Crippen LogP contribution < -0.4 is 5.32 Å². The van der Waals surface area contributed by atoms with E-state index in [1.807, 2.05) is 0 Å². The van der Waals surface area contributed by atoms with E-state index in [9.17, 15) is 4.21 Å². The fraction of sp³-hybridized carbons (Fsp3) is 1.00. The van der Waals surface area contributed by atoms with Crippen LogP contribution in [0.5, 0.6) is 0 Å². The molecule has 1 aliphatic rings. The Bertz CT molecular complexity index is 256. The molecular weight excluding hydrogens is 232 g/mol. The summed E-state index contributed by atoms with van der Waals surface area (Å²) < 4.78 is 11.2. The molecule has 3 atom stereocenters. The van der Waals surface area contributed by atoms with Crippen molar-refractivity contribution >= 4 is 10.8 Å². The van der Waals surface area contributed by atoms with Crippen LogP contribution in [0, 0.1) is 11.8 Å². The summed E-state index contributed by atoms with van der Waals surface area (Å²) in [6.07, 6.45) is 1.80. The molecule has 102 valence electrons. The first kappa shape index (κ1) is 15.1. The van der Waals surface area contributed by atoms with Crippen LogP contribution in [0.25, 0.3) is 0 Å². The minimum atomic E-state index is -0.679. The molecule has 0 amide bonds. The molecule has 3 unspecified atom stereocenters. The van der Waals surface area contributed by atoms with E-state index < -0.39 is 10.8 Å². The summed E-state index contributed by atoms with van der Waals surface area (Å²) in [4.78, 5) is 2.53. The lowest BCUT2D eigenvalue weighted by Gasteiger charge is -2.43. The van der Waals surface area contributed by atoms with Crippen molar-refractivity contribution in [2.75, 3.05) is 31.6 Å². The monoisotopic (exact) mass is 260 g/mol. The van der Waals surface area contributed by atoms with Gasteiger partial charge in [-0.25, -0.2) is 0 Å². The minimum absolute atomic E-state index is 0.579. The summed E-state index contributed by atoms with van der Waals surface area (Å²) in [7, 11) is -0.679. The van der Waals surface area contributed by atoms with Crippen molar-refractivity contribution in [3.63, 3.8) is 0 Å². The van der Waals surface area contributed by atoms with Gasteiger partial charge in [-0.2, -0.15) is 0 Å². The van der Waals surface area contributed by atoms with Crippen LogP contribution in [0.3, 0.4) is 0 Å². The smallest absolute Gasteiger partial charge is 0.0359 e. The third-order valence-corrected chi connectivity index (χ3v) is 4.49. The normalized spacial score (nSPS) is 28.9. The van der Waals surface area contributed by atoms with Crippen molar-refractivity contribution in [3.05, 3.63) is 0 Å². The maximum atomic E-state index is 11.2. The van der Waals surface area contributed by atoms with E-state index in [1.165, 1.54) is 0 Å². The van der Waals surface area contributed by atoms with Crippen LogP contribution in [-0.4, -0.2) is 52.8 Å². The average molecular weight is 260 g/mol. The molecular formula is C13H28N2OS. The summed E-state index contributed by atoms with van der Waals surface area (Å²) >= 11 is 0. The highest BCUT2D eigenvalue weighted by molar-refractivity contribution is 7.84. The topological polar surface area (TPSA) is 32.3 Å². The van der Waals surface area contributed by atoms with Crippen molar-refractivity contribution in [2.45, 2.75) is 39.8 Å². The predicted molar refractivity (Wildman–Crippen MR) is 75.8 cm³/mol. The van der Waals surface area contributed by atoms with E-state index >= 15 is 0 Å². The molecule has 1 N–H and O–H groups in total.